The first-order valence-corrected chi connectivity index (χ1v) is 5.97. The molecule has 0 fully saturated rings. The molecular formula is C14H18N2O3. The third kappa shape index (κ3) is 4.93. The van der Waals surface area contributed by atoms with Crippen molar-refractivity contribution >= 4 is 17.6 Å². The van der Waals surface area contributed by atoms with E-state index in [0.29, 0.717) is 12.2 Å². The maximum Gasteiger partial charge on any atom is 0.321 e. The van der Waals surface area contributed by atoms with Crippen molar-refractivity contribution in [1.29, 1.82) is 0 Å². The van der Waals surface area contributed by atoms with Crippen molar-refractivity contribution in [2.45, 2.75) is 19.4 Å². The molecule has 1 atom stereocenters. The number of aryl methyl sites for hydroxylation is 1. The molecule has 3 N–H and O–H groups in total. The number of rotatable bonds is 7. The van der Waals surface area contributed by atoms with Crippen molar-refractivity contribution in [3.63, 3.8) is 0 Å². The van der Waals surface area contributed by atoms with Gasteiger partial charge in [0.1, 0.15) is 6.04 Å². The highest BCUT2D eigenvalue weighted by Crippen LogP contribution is 2.13. The quantitative estimate of drug-likeness (QED) is 0.651. The molecule has 1 aromatic rings. The van der Waals surface area contributed by atoms with Crippen LogP contribution in [-0.2, 0) is 9.59 Å². The van der Waals surface area contributed by atoms with Crippen LogP contribution in [0.2, 0.25) is 0 Å². The first-order chi connectivity index (χ1) is 9.04. The standard InChI is InChI=1S/C14H18N2O3/c1-3-8-15-12(14(18)19)9-13(17)16-11-7-5-4-6-10(11)2/h3-7,12,15H,1,8-9H2,2H3,(H,16,17)(H,18,19). The second kappa shape index (κ2) is 7.33. The first-order valence-electron chi connectivity index (χ1n) is 5.97. The number of aliphatic carboxylic acids is 1. The lowest BCUT2D eigenvalue weighted by molar-refractivity contribution is -0.140. The second-order valence-corrected chi connectivity index (χ2v) is 4.15. The molecule has 19 heavy (non-hydrogen) atoms. The first kappa shape index (κ1) is 14.9. The zero-order valence-corrected chi connectivity index (χ0v) is 10.8. The van der Waals surface area contributed by atoms with E-state index in [9.17, 15) is 9.59 Å². The van der Waals surface area contributed by atoms with Crippen molar-refractivity contribution in [2.24, 2.45) is 0 Å². The molecule has 5 nitrogen and oxygen atoms in total. The summed E-state index contributed by atoms with van der Waals surface area (Å²) in [7, 11) is 0. The number of hydrogen-bond acceptors (Lipinski definition) is 3. The summed E-state index contributed by atoms with van der Waals surface area (Å²) in [6, 6.07) is 6.42. The normalized spacial score (nSPS) is 11.6. The number of hydrogen-bond donors (Lipinski definition) is 3. The highest BCUT2D eigenvalue weighted by molar-refractivity contribution is 5.94. The van der Waals surface area contributed by atoms with Crippen LogP contribution >= 0.6 is 0 Å². The number of carbonyl (C=O) groups is 2. The van der Waals surface area contributed by atoms with Crippen LogP contribution < -0.4 is 10.6 Å². The Morgan fingerprint density at radius 2 is 2.11 bits per heavy atom. The van der Waals surface area contributed by atoms with Gasteiger partial charge in [0.2, 0.25) is 5.91 Å². The van der Waals surface area contributed by atoms with E-state index in [0.717, 1.165) is 5.56 Å². The summed E-state index contributed by atoms with van der Waals surface area (Å²) in [5, 5.41) is 14.4. The SMILES string of the molecule is C=CCNC(CC(=O)Nc1ccccc1C)C(=O)O. The van der Waals surface area contributed by atoms with Crippen LogP contribution in [0, 0.1) is 6.92 Å². The Balaban J connectivity index is 2.60. The van der Waals surface area contributed by atoms with Gasteiger partial charge in [-0.1, -0.05) is 24.3 Å². The van der Waals surface area contributed by atoms with E-state index in [1.165, 1.54) is 0 Å². The molecule has 0 aliphatic heterocycles. The second-order valence-electron chi connectivity index (χ2n) is 4.15. The van der Waals surface area contributed by atoms with Gasteiger partial charge >= 0.3 is 5.97 Å². The largest absolute Gasteiger partial charge is 0.480 e. The molecule has 0 aliphatic carbocycles. The predicted molar refractivity (Wildman–Crippen MR) is 74.0 cm³/mol. The third-order valence-corrected chi connectivity index (χ3v) is 2.62. The smallest absolute Gasteiger partial charge is 0.321 e. The van der Waals surface area contributed by atoms with Crippen LogP contribution in [0.5, 0.6) is 0 Å². The van der Waals surface area contributed by atoms with E-state index in [2.05, 4.69) is 17.2 Å². The predicted octanol–water partition coefficient (Wildman–Crippen LogP) is 1.55. The molecule has 1 aromatic carbocycles. The Kier molecular flexibility index (Phi) is 5.75. The van der Waals surface area contributed by atoms with Gasteiger partial charge in [-0.3, -0.25) is 9.59 Å². The maximum absolute atomic E-state index is 11.8. The van der Waals surface area contributed by atoms with Gasteiger partial charge in [0.15, 0.2) is 0 Å². The molecule has 5 heteroatoms. The van der Waals surface area contributed by atoms with E-state index in [-0.39, 0.29) is 12.3 Å². The van der Waals surface area contributed by atoms with Crippen molar-refractivity contribution in [3.05, 3.63) is 42.5 Å². The van der Waals surface area contributed by atoms with Crippen LogP contribution in [0.4, 0.5) is 5.69 Å². The van der Waals surface area contributed by atoms with Gasteiger partial charge in [0.05, 0.1) is 6.42 Å². The molecular weight excluding hydrogens is 244 g/mol. The number of carbonyl (C=O) groups excluding carboxylic acids is 1. The lowest BCUT2D eigenvalue weighted by Crippen LogP contribution is -2.39. The number of anilines is 1. The topological polar surface area (TPSA) is 78.4 Å². The average molecular weight is 262 g/mol. The van der Waals surface area contributed by atoms with Gasteiger partial charge < -0.3 is 15.7 Å². The van der Waals surface area contributed by atoms with E-state index >= 15 is 0 Å². The highest BCUT2D eigenvalue weighted by Gasteiger charge is 2.20. The Hall–Kier alpha value is -2.14. The third-order valence-electron chi connectivity index (χ3n) is 2.62. The molecule has 1 unspecified atom stereocenters. The minimum absolute atomic E-state index is 0.127. The molecule has 0 aliphatic rings. The van der Waals surface area contributed by atoms with Gasteiger partial charge in [-0.25, -0.2) is 0 Å². The summed E-state index contributed by atoms with van der Waals surface area (Å²) in [5.41, 5.74) is 1.63. The van der Waals surface area contributed by atoms with Crippen LogP contribution in [0.3, 0.4) is 0 Å². The van der Waals surface area contributed by atoms with E-state index < -0.39 is 12.0 Å². The van der Waals surface area contributed by atoms with Crippen LogP contribution in [0.25, 0.3) is 0 Å². The zero-order valence-electron chi connectivity index (χ0n) is 10.8. The summed E-state index contributed by atoms with van der Waals surface area (Å²) in [6.07, 6.45) is 1.42. The fourth-order valence-electron chi connectivity index (χ4n) is 1.57. The zero-order chi connectivity index (χ0) is 14.3. The Morgan fingerprint density at radius 1 is 1.42 bits per heavy atom. The van der Waals surface area contributed by atoms with Crippen LogP contribution in [0.1, 0.15) is 12.0 Å². The molecule has 0 spiro atoms. The number of carboxylic acid groups (broad SMARTS) is 1. The summed E-state index contributed by atoms with van der Waals surface area (Å²) in [5.74, 6) is -1.39. The van der Waals surface area contributed by atoms with E-state index in [1.54, 1.807) is 12.1 Å². The number of benzene rings is 1. The van der Waals surface area contributed by atoms with Gasteiger partial charge in [-0.2, -0.15) is 0 Å². The number of nitrogens with one attached hydrogen (secondary N) is 2. The van der Waals surface area contributed by atoms with Crippen LogP contribution in [0.15, 0.2) is 36.9 Å². The Bertz CT molecular complexity index is 472. The Labute approximate surface area is 112 Å². The average Bonchev–Trinajstić information content (AvgIpc) is 2.37. The molecule has 1 amide bonds. The Morgan fingerprint density at radius 3 is 2.68 bits per heavy atom. The van der Waals surface area contributed by atoms with E-state index in [1.807, 2.05) is 25.1 Å². The molecule has 0 saturated carbocycles. The van der Waals surface area contributed by atoms with Gasteiger partial charge in [-0.05, 0) is 18.6 Å². The fraction of sp³-hybridized carbons (Fsp3) is 0.286. The van der Waals surface area contributed by atoms with Gasteiger partial charge in [0.25, 0.3) is 0 Å². The summed E-state index contributed by atoms with van der Waals surface area (Å²) >= 11 is 0. The monoisotopic (exact) mass is 262 g/mol. The highest BCUT2D eigenvalue weighted by atomic mass is 16.4. The van der Waals surface area contributed by atoms with Crippen molar-refractivity contribution in [2.75, 3.05) is 11.9 Å². The molecule has 0 heterocycles. The maximum atomic E-state index is 11.8. The summed E-state index contributed by atoms with van der Waals surface area (Å²) in [4.78, 5) is 22.8. The minimum atomic E-state index is -1.05. The number of carboxylic acids is 1. The number of para-hydroxylation sites is 1. The molecule has 0 bridgehead atoms. The fourth-order valence-corrected chi connectivity index (χ4v) is 1.57. The molecule has 0 aromatic heterocycles. The lowest BCUT2D eigenvalue weighted by Gasteiger charge is -2.14. The molecule has 102 valence electrons. The molecule has 1 rings (SSSR count). The van der Waals surface area contributed by atoms with Gasteiger partial charge in [0, 0.05) is 12.2 Å². The number of amides is 1. The van der Waals surface area contributed by atoms with Crippen molar-refractivity contribution in [1.82, 2.24) is 5.32 Å². The van der Waals surface area contributed by atoms with Crippen LogP contribution in [-0.4, -0.2) is 29.6 Å². The summed E-state index contributed by atoms with van der Waals surface area (Å²) in [6.45, 7) is 5.71. The lowest BCUT2D eigenvalue weighted by atomic mass is 10.1. The van der Waals surface area contributed by atoms with Gasteiger partial charge in [-0.15, -0.1) is 6.58 Å². The van der Waals surface area contributed by atoms with Crippen molar-refractivity contribution in [3.8, 4) is 0 Å². The van der Waals surface area contributed by atoms with E-state index in [4.69, 9.17) is 5.11 Å². The molecule has 0 saturated heterocycles. The van der Waals surface area contributed by atoms with Crippen molar-refractivity contribution < 1.29 is 14.7 Å². The minimum Gasteiger partial charge on any atom is -0.480 e. The summed E-state index contributed by atoms with van der Waals surface area (Å²) < 4.78 is 0. The molecule has 0 radical (unpaired) electrons.